The van der Waals surface area contributed by atoms with Crippen LogP contribution in [-0.2, 0) is 0 Å². The summed E-state index contributed by atoms with van der Waals surface area (Å²) < 4.78 is 2.66. The number of rotatable bonds is 1. The molecule has 0 aliphatic rings. The maximum atomic E-state index is 4.25. The average Bonchev–Trinajstić information content (AvgIpc) is 2.49. The van der Waals surface area contributed by atoms with E-state index in [1.165, 1.54) is 0 Å². The van der Waals surface area contributed by atoms with Crippen molar-refractivity contribution in [1.29, 1.82) is 0 Å². The second-order valence-corrected chi connectivity index (χ2v) is 3.44. The van der Waals surface area contributed by atoms with Crippen LogP contribution in [0.4, 0.5) is 0 Å². The molecule has 2 heterocycles. The van der Waals surface area contributed by atoms with Gasteiger partial charge in [-0.05, 0) is 35.0 Å². The summed E-state index contributed by atoms with van der Waals surface area (Å²) in [7, 11) is 0. The first-order valence-corrected chi connectivity index (χ1v) is 4.56. The molecule has 0 spiro atoms. The molecule has 5 heteroatoms. The van der Waals surface area contributed by atoms with Crippen molar-refractivity contribution in [3.8, 4) is 5.82 Å². The lowest BCUT2D eigenvalue weighted by molar-refractivity contribution is 0.803. The molecule has 0 radical (unpaired) electrons. The Kier molecular flexibility index (Phi) is 2.10. The summed E-state index contributed by atoms with van der Waals surface area (Å²) in [6.45, 7) is 1.93. The van der Waals surface area contributed by atoms with Gasteiger partial charge in [0.1, 0.15) is 0 Å². The van der Waals surface area contributed by atoms with E-state index in [9.17, 15) is 0 Å². The molecule has 0 aliphatic carbocycles. The predicted octanol–water partition coefficient (Wildman–Crippen LogP) is 1.73. The Hall–Kier alpha value is -1.23. The van der Waals surface area contributed by atoms with E-state index in [1.54, 1.807) is 10.9 Å². The molecule has 4 nitrogen and oxygen atoms in total. The van der Waals surface area contributed by atoms with Crippen molar-refractivity contribution in [3.63, 3.8) is 0 Å². The highest BCUT2D eigenvalue weighted by molar-refractivity contribution is 9.10. The van der Waals surface area contributed by atoms with E-state index in [1.807, 2.05) is 25.3 Å². The molecule has 2 rings (SSSR count). The first-order valence-electron chi connectivity index (χ1n) is 3.77. The molecule has 0 aliphatic heterocycles. The lowest BCUT2D eigenvalue weighted by Gasteiger charge is -1.95. The predicted molar refractivity (Wildman–Crippen MR) is 51.6 cm³/mol. The van der Waals surface area contributed by atoms with Gasteiger partial charge in [0.25, 0.3) is 0 Å². The van der Waals surface area contributed by atoms with Gasteiger partial charge < -0.3 is 0 Å². The highest BCUT2D eigenvalue weighted by Crippen LogP contribution is 2.15. The van der Waals surface area contributed by atoms with E-state index in [0.717, 1.165) is 16.0 Å². The van der Waals surface area contributed by atoms with Gasteiger partial charge in [0.15, 0.2) is 5.82 Å². The number of hydrogen-bond donors (Lipinski definition) is 0. The normalized spacial score (nSPS) is 10.3. The van der Waals surface area contributed by atoms with Crippen molar-refractivity contribution in [2.75, 3.05) is 0 Å². The SMILES string of the molecule is Cc1nn(-c2cccnn2)cc1Br. The highest BCUT2D eigenvalue weighted by atomic mass is 79.9. The molecule has 2 aromatic heterocycles. The topological polar surface area (TPSA) is 43.6 Å². The maximum Gasteiger partial charge on any atom is 0.175 e. The monoisotopic (exact) mass is 238 g/mol. The zero-order chi connectivity index (χ0) is 9.26. The summed E-state index contributed by atoms with van der Waals surface area (Å²) in [6.07, 6.45) is 3.49. The number of halogens is 1. The minimum Gasteiger partial charge on any atom is -0.219 e. The number of aryl methyl sites for hydroxylation is 1. The molecule has 0 atom stereocenters. The van der Waals surface area contributed by atoms with Crippen molar-refractivity contribution in [3.05, 3.63) is 34.7 Å². The van der Waals surface area contributed by atoms with Crippen LogP contribution in [-0.4, -0.2) is 20.0 Å². The molecule has 2 aromatic rings. The van der Waals surface area contributed by atoms with Crippen LogP contribution in [0.3, 0.4) is 0 Å². The smallest absolute Gasteiger partial charge is 0.175 e. The Labute approximate surface area is 83.7 Å². The minimum absolute atomic E-state index is 0.719. The van der Waals surface area contributed by atoms with Gasteiger partial charge in [-0.2, -0.15) is 10.2 Å². The second-order valence-electron chi connectivity index (χ2n) is 2.59. The fraction of sp³-hybridized carbons (Fsp3) is 0.125. The van der Waals surface area contributed by atoms with Gasteiger partial charge >= 0.3 is 0 Å². The summed E-state index contributed by atoms with van der Waals surface area (Å²) in [4.78, 5) is 0. The molecule has 66 valence electrons. The van der Waals surface area contributed by atoms with Crippen LogP contribution in [0.25, 0.3) is 5.82 Å². The van der Waals surface area contributed by atoms with Gasteiger partial charge in [-0.1, -0.05) is 0 Å². The van der Waals surface area contributed by atoms with Crippen LogP contribution in [0.1, 0.15) is 5.69 Å². The third kappa shape index (κ3) is 1.60. The van der Waals surface area contributed by atoms with Crippen LogP contribution in [0.5, 0.6) is 0 Å². The molecule has 0 fully saturated rings. The van der Waals surface area contributed by atoms with E-state index < -0.39 is 0 Å². The van der Waals surface area contributed by atoms with Gasteiger partial charge in [0.2, 0.25) is 0 Å². The van der Waals surface area contributed by atoms with Gasteiger partial charge in [-0.25, -0.2) is 4.68 Å². The zero-order valence-corrected chi connectivity index (χ0v) is 8.56. The number of aromatic nitrogens is 4. The highest BCUT2D eigenvalue weighted by Gasteiger charge is 2.03. The third-order valence-electron chi connectivity index (χ3n) is 1.63. The van der Waals surface area contributed by atoms with Crippen LogP contribution < -0.4 is 0 Å². The maximum absolute atomic E-state index is 4.25. The molecule has 0 unspecified atom stereocenters. The molecular weight excluding hydrogens is 232 g/mol. The summed E-state index contributed by atoms with van der Waals surface area (Å²) in [5, 5.41) is 12.0. The largest absolute Gasteiger partial charge is 0.219 e. The summed E-state index contributed by atoms with van der Waals surface area (Å²) in [5.74, 6) is 0.719. The average molecular weight is 239 g/mol. The van der Waals surface area contributed by atoms with Crippen molar-refractivity contribution in [2.24, 2.45) is 0 Å². The van der Waals surface area contributed by atoms with Gasteiger partial charge in [-0.3, -0.25) is 0 Å². The fourth-order valence-electron chi connectivity index (χ4n) is 0.972. The van der Waals surface area contributed by atoms with E-state index in [2.05, 4.69) is 31.2 Å². The number of nitrogens with zero attached hydrogens (tertiary/aromatic N) is 4. The van der Waals surface area contributed by atoms with Crippen LogP contribution in [0.2, 0.25) is 0 Å². The fourth-order valence-corrected chi connectivity index (χ4v) is 1.25. The standard InChI is InChI=1S/C8H7BrN4/c1-6-7(9)5-13(12-6)8-3-2-4-10-11-8/h2-5H,1H3. The lowest BCUT2D eigenvalue weighted by Crippen LogP contribution is -1.98. The van der Waals surface area contributed by atoms with Gasteiger partial charge in [-0.15, -0.1) is 5.10 Å². The molecule has 0 saturated heterocycles. The molecule has 0 aromatic carbocycles. The Balaban J connectivity index is 2.48. The zero-order valence-electron chi connectivity index (χ0n) is 6.98. The van der Waals surface area contributed by atoms with Crippen LogP contribution in [0.15, 0.2) is 29.0 Å². The quantitative estimate of drug-likeness (QED) is 0.761. The minimum atomic E-state index is 0.719. The molecule has 0 amide bonds. The molecule has 13 heavy (non-hydrogen) atoms. The third-order valence-corrected chi connectivity index (χ3v) is 2.41. The van der Waals surface area contributed by atoms with Gasteiger partial charge in [0.05, 0.1) is 10.2 Å². The second kappa shape index (κ2) is 3.26. The van der Waals surface area contributed by atoms with E-state index in [-0.39, 0.29) is 0 Å². The van der Waals surface area contributed by atoms with Crippen molar-refractivity contribution in [1.82, 2.24) is 20.0 Å². The van der Waals surface area contributed by atoms with Crippen LogP contribution in [0, 0.1) is 6.92 Å². The molecule has 0 saturated carbocycles. The first-order chi connectivity index (χ1) is 6.27. The van der Waals surface area contributed by atoms with E-state index in [4.69, 9.17) is 0 Å². The van der Waals surface area contributed by atoms with Crippen LogP contribution >= 0.6 is 15.9 Å². The molecule has 0 bridgehead atoms. The molecular formula is C8H7BrN4. The summed E-state index contributed by atoms with van der Waals surface area (Å²) >= 11 is 3.38. The Morgan fingerprint density at radius 2 is 2.31 bits per heavy atom. The first kappa shape index (κ1) is 8.37. The summed E-state index contributed by atoms with van der Waals surface area (Å²) in [6, 6.07) is 3.68. The molecule has 0 N–H and O–H groups in total. The van der Waals surface area contributed by atoms with Gasteiger partial charge in [0, 0.05) is 12.4 Å². The van der Waals surface area contributed by atoms with E-state index in [0.29, 0.717) is 0 Å². The van der Waals surface area contributed by atoms with Crippen molar-refractivity contribution >= 4 is 15.9 Å². The summed E-state index contributed by atoms with van der Waals surface area (Å²) in [5.41, 5.74) is 0.936. The Morgan fingerprint density at radius 3 is 2.85 bits per heavy atom. The Morgan fingerprint density at radius 1 is 1.46 bits per heavy atom. The Bertz CT molecular complexity index is 390. The van der Waals surface area contributed by atoms with Crippen molar-refractivity contribution in [2.45, 2.75) is 6.92 Å². The van der Waals surface area contributed by atoms with E-state index >= 15 is 0 Å². The number of hydrogen-bond acceptors (Lipinski definition) is 3. The lowest BCUT2D eigenvalue weighted by atomic mass is 10.5. The van der Waals surface area contributed by atoms with Crippen molar-refractivity contribution < 1.29 is 0 Å².